The number of hydrogen-bond donors (Lipinski definition) is 2. The van der Waals surface area contributed by atoms with Gasteiger partial charge in [0.25, 0.3) is 0 Å². The lowest BCUT2D eigenvalue weighted by Gasteiger charge is -2.13. The number of fused-ring (bicyclic) bond motifs is 1. The fourth-order valence-electron chi connectivity index (χ4n) is 3.45. The van der Waals surface area contributed by atoms with Gasteiger partial charge in [0.1, 0.15) is 6.54 Å². The van der Waals surface area contributed by atoms with Crippen LogP contribution in [0.25, 0.3) is 10.8 Å². The second kappa shape index (κ2) is 9.23. The number of urea groups is 1. The summed E-state index contributed by atoms with van der Waals surface area (Å²) < 4.78 is 47.4. The third-order valence-electron chi connectivity index (χ3n) is 5.37. The molecule has 4 rings (SSSR count). The Morgan fingerprint density at radius 2 is 2.00 bits per heavy atom. The third-order valence-corrected chi connectivity index (χ3v) is 6.70. The number of nitrogens with zero attached hydrogens (tertiary/aromatic N) is 3. The highest BCUT2D eigenvalue weighted by Gasteiger charge is 2.26. The average molecular weight is 466 g/mol. The number of halogens is 1. The van der Waals surface area contributed by atoms with E-state index in [0.29, 0.717) is 49.1 Å². The van der Waals surface area contributed by atoms with Crippen LogP contribution in [0.4, 0.5) is 15.0 Å². The number of nitrogens with one attached hydrogen (secondary N) is 2. The number of carbonyl (C=O) groups is 2. The molecule has 172 valence electrons. The monoisotopic (exact) mass is 465 g/mol. The van der Waals surface area contributed by atoms with E-state index in [-0.39, 0.29) is 29.8 Å². The first-order valence-corrected chi connectivity index (χ1v) is 12.1. The van der Waals surface area contributed by atoms with Crippen LogP contribution >= 0.6 is 0 Å². The molecule has 0 spiro atoms. The Hall–Kier alpha value is -3.02. The van der Waals surface area contributed by atoms with E-state index in [1.165, 1.54) is 23.2 Å². The predicted molar refractivity (Wildman–Crippen MR) is 114 cm³/mol. The molecule has 2 fully saturated rings. The molecular formula is C20H24FN5O5S. The second-order valence-corrected chi connectivity index (χ2v) is 9.88. The van der Waals surface area contributed by atoms with Crippen LogP contribution in [0.1, 0.15) is 32.1 Å². The average Bonchev–Trinajstić information content (AvgIpc) is 3.50. The molecule has 1 saturated carbocycles. The Balaban J connectivity index is 1.35. The summed E-state index contributed by atoms with van der Waals surface area (Å²) in [4.78, 5) is 24.0. The first-order valence-electron chi connectivity index (χ1n) is 10.5. The van der Waals surface area contributed by atoms with Gasteiger partial charge >= 0.3 is 6.03 Å². The van der Waals surface area contributed by atoms with Crippen molar-refractivity contribution >= 4 is 38.6 Å². The van der Waals surface area contributed by atoms with Gasteiger partial charge in [-0.3, -0.25) is 14.8 Å². The molecule has 10 nitrogen and oxygen atoms in total. The number of hydrogen-bond acceptors (Lipinski definition) is 7. The van der Waals surface area contributed by atoms with Crippen LogP contribution in [-0.2, 0) is 14.8 Å². The SMILES string of the molecule is O=C1CN(CCCCCS(=O)(=O)Nc2nncc3c(OCC4CC4)c(F)ccc23)C(=O)N1. The van der Waals surface area contributed by atoms with Gasteiger partial charge in [0.2, 0.25) is 15.9 Å². The normalized spacial score (nSPS) is 16.5. The molecule has 3 amide bonds. The molecule has 0 unspecified atom stereocenters. The number of ether oxygens (including phenoxy) is 1. The Morgan fingerprint density at radius 1 is 1.19 bits per heavy atom. The summed E-state index contributed by atoms with van der Waals surface area (Å²) >= 11 is 0. The van der Waals surface area contributed by atoms with Gasteiger partial charge in [0, 0.05) is 11.9 Å². The molecule has 1 aliphatic heterocycles. The highest BCUT2D eigenvalue weighted by atomic mass is 32.2. The zero-order chi connectivity index (χ0) is 22.7. The third kappa shape index (κ3) is 5.42. The Labute approximate surface area is 184 Å². The van der Waals surface area contributed by atoms with Crippen molar-refractivity contribution in [1.29, 1.82) is 0 Å². The number of rotatable bonds is 11. The summed E-state index contributed by atoms with van der Waals surface area (Å²) in [5.41, 5.74) is 0. The molecule has 1 aliphatic carbocycles. The quantitative estimate of drug-likeness (QED) is 0.383. The van der Waals surface area contributed by atoms with Crippen molar-refractivity contribution in [3.63, 3.8) is 0 Å². The van der Waals surface area contributed by atoms with Gasteiger partial charge in [0.05, 0.1) is 23.9 Å². The van der Waals surface area contributed by atoms with Gasteiger partial charge in [-0.2, -0.15) is 5.10 Å². The predicted octanol–water partition coefficient (Wildman–Crippen LogP) is 2.02. The second-order valence-electron chi connectivity index (χ2n) is 8.04. The number of sulfonamides is 1. The highest BCUT2D eigenvalue weighted by molar-refractivity contribution is 7.92. The molecule has 0 bridgehead atoms. The van der Waals surface area contributed by atoms with E-state index in [0.717, 1.165) is 12.8 Å². The maximum atomic E-state index is 14.3. The number of imide groups is 1. The Morgan fingerprint density at radius 3 is 2.72 bits per heavy atom. The van der Waals surface area contributed by atoms with Crippen molar-refractivity contribution in [3.8, 4) is 5.75 Å². The lowest BCUT2D eigenvalue weighted by atomic mass is 10.1. The summed E-state index contributed by atoms with van der Waals surface area (Å²) in [5.74, 6) is -0.520. The fourth-order valence-corrected chi connectivity index (χ4v) is 4.58. The number of anilines is 1. The van der Waals surface area contributed by atoms with Gasteiger partial charge in [-0.15, -0.1) is 5.10 Å². The van der Waals surface area contributed by atoms with E-state index in [1.54, 1.807) is 0 Å². The first-order chi connectivity index (χ1) is 15.3. The van der Waals surface area contributed by atoms with Crippen LogP contribution in [-0.4, -0.2) is 60.9 Å². The zero-order valence-electron chi connectivity index (χ0n) is 17.3. The van der Waals surface area contributed by atoms with Crippen LogP contribution in [0.15, 0.2) is 18.3 Å². The standard InChI is InChI=1S/C20H24FN5O5S/c21-16-7-6-14-15(18(16)31-12-13-4-5-13)10-22-24-19(14)25-32(29,30)9-3-1-2-8-26-11-17(27)23-20(26)28/h6-7,10,13H,1-5,8-9,11-12H2,(H,24,25)(H,23,27,28). The minimum atomic E-state index is -3.72. The van der Waals surface area contributed by atoms with Crippen molar-refractivity contribution in [2.24, 2.45) is 5.92 Å². The zero-order valence-corrected chi connectivity index (χ0v) is 18.2. The number of aromatic nitrogens is 2. The Kier molecular flexibility index (Phi) is 6.40. The minimum absolute atomic E-state index is 0.0195. The molecule has 0 atom stereocenters. The summed E-state index contributed by atoms with van der Waals surface area (Å²) in [7, 11) is -3.72. The minimum Gasteiger partial charge on any atom is -0.490 e. The van der Waals surface area contributed by atoms with Crippen molar-refractivity contribution in [2.75, 3.05) is 30.2 Å². The fraction of sp³-hybridized carbons (Fsp3) is 0.500. The van der Waals surface area contributed by atoms with E-state index in [9.17, 15) is 22.4 Å². The molecule has 2 heterocycles. The molecular weight excluding hydrogens is 441 g/mol. The van der Waals surface area contributed by atoms with Crippen molar-refractivity contribution in [2.45, 2.75) is 32.1 Å². The first kappa shape index (κ1) is 22.2. The molecule has 12 heteroatoms. The lowest BCUT2D eigenvalue weighted by molar-refractivity contribution is -0.118. The molecule has 2 aliphatic rings. The van der Waals surface area contributed by atoms with Crippen molar-refractivity contribution in [1.82, 2.24) is 20.4 Å². The van der Waals surface area contributed by atoms with Crippen LogP contribution in [0.5, 0.6) is 5.75 Å². The van der Waals surface area contributed by atoms with E-state index in [1.807, 2.05) is 0 Å². The van der Waals surface area contributed by atoms with Gasteiger partial charge in [-0.1, -0.05) is 6.42 Å². The lowest BCUT2D eigenvalue weighted by Crippen LogP contribution is -2.29. The van der Waals surface area contributed by atoms with Crippen molar-refractivity contribution < 1.29 is 27.1 Å². The summed E-state index contributed by atoms with van der Waals surface area (Å²) in [6.45, 7) is 0.826. The van der Waals surface area contributed by atoms with Gasteiger partial charge in [0.15, 0.2) is 17.4 Å². The van der Waals surface area contributed by atoms with Gasteiger partial charge < -0.3 is 9.64 Å². The van der Waals surface area contributed by atoms with Crippen LogP contribution in [0, 0.1) is 11.7 Å². The topological polar surface area (TPSA) is 131 Å². The number of amides is 3. The summed E-state index contributed by atoms with van der Waals surface area (Å²) in [5, 5.41) is 10.7. The van der Waals surface area contributed by atoms with E-state index in [2.05, 4.69) is 20.2 Å². The van der Waals surface area contributed by atoms with E-state index >= 15 is 0 Å². The number of carbonyl (C=O) groups excluding carboxylic acids is 2. The van der Waals surface area contributed by atoms with E-state index in [4.69, 9.17) is 4.74 Å². The summed E-state index contributed by atoms with van der Waals surface area (Å²) in [6.07, 6.45) is 4.97. The van der Waals surface area contributed by atoms with Crippen LogP contribution in [0.2, 0.25) is 0 Å². The number of benzene rings is 1. The molecule has 1 aromatic heterocycles. The maximum Gasteiger partial charge on any atom is 0.324 e. The summed E-state index contributed by atoms with van der Waals surface area (Å²) in [6, 6.07) is 2.25. The molecule has 1 saturated heterocycles. The van der Waals surface area contributed by atoms with E-state index < -0.39 is 21.9 Å². The van der Waals surface area contributed by atoms with Gasteiger partial charge in [-0.05, 0) is 43.7 Å². The molecule has 32 heavy (non-hydrogen) atoms. The smallest absolute Gasteiger partial charge is 0.324 e. The molecule has 2 N–H and O–H groups in total. The Bertz CT molecular complexity index is 1140. The molecule has 1 aromatic carbocycles. The largest absolute Gasteiger partial charge is 0.490 e. The van der Waals surface area contributed by atoms with Crippen LogP contribution in [0.3, 0.4) is 0 Å². The van der Waals surface area contributed by atoms with Crippen molar-refractivity contribution in [3.05, 3.63) is 24.1 Å². The molecule has 0 radical (unpaired) electrons. The highest BCUT2D eigenvalue weighted by Crippen LogP contribution is 2.35. The molecule has 2 aromatic rings. The number of unbranched alkanes of at least 4 members (excludes halogenated alkanes) is 2. The van der Waals surface area contributed by atoms with Crippen LogP contribution < -0.4 is 14.8 Å². The van der Waals surface area contributed by atoms with Gasteiger partial charge in [-0.25, -0.2) is 17.6 Å². The maximum absolute atomic E-state index is 14.3.